The van der Waals surface area contributed by atoms with Crippen molar-refractivity contribution in [3.05, 3.63) is 29.8 Å². The lowest BCUT2D eigenvalue weighted by Crippen LogP contribution is -2.47. The van der Waals surface area contributed by atoms with E-state index < -0.39 is 22.0 Å². The SMILES string of the molecule is CN(C)S(=O)(=O)N1CCC[C@@H](C(=O)Nc2ccccc2C(N)=O)C1. The third-order valence-corrected chi connectivity index (χ3v) is 5.90. The first-order valence-electron chi connectivity index (χ1n) is 7.60. The molecular weight excluding hydrogens is 332 g/mol. The lowest BCUT2D eigenvalue weighted by molar-refractivity contribution is -0.120. The zero-order chi connectivity index (χ0) is 17.9. The van der Waals surface area contributed by atoms with E-state index in [1.165, 1.54) is 24.5 Å². The van der Waals surface area contributed by atoms with Crippen molar-refractivity contribution < 1.29 is 18.0 Å². The molecule has 0 bridgehead atoms. The molecule has 1 aliphatic heterocycles. The van der Waals surface area contributed by atoms with Gasteiger partial charge in [0.1, 0.15) is 0 Å². The summed E-state index contributed by atoms with van der Waals surface area (Å²) in [7, 11) is -0.627. The minimum absolute atomic E-state index is 0.116. The van der Waals surface area contributed by atoms with Gasteiger partial charge in [0.25, 0.3) is 16.1 Å². The van der Waals surface area contributed by atoms with Gasteiger partial charge in [0.05, 0.1) is 17.2 Å². The Bertz CT molecular complexity index is 733. The molecule has 0 spiro atoms. The van der Waals surface area contributed by atoms with E-state index in [0.29, 0.717) is 25.1 Å². The Balaban J connectivity index is 2.12. The van der Waals surface area contributed by atoms with Crippen molar-refractivity contribution in [2.45, 2.75) is 12.8 Å². The average molecular weight is 354 g/mol. The van der Waals surface area contributed by atoms with Crippen LogP contribution in [0.4, 0.5) is 5.69 Å². The van der Waals surface area contributed by atoms with Crippen LogP contribution >= 0.6 is 0 Å². The number of para-hydroxylation sites is 1. The summed E-state index contributed by atoms with van der Waals surface area (Å²) in [5, 5.41) is 2.69. The molecule has 1 aliphatic rings. The van der Waals surface area contributed by atoms with Crippen molar-refractivity contribution in [1.82, 2.24) is 8.61 Å². The summed E-state index contributed by atoms with van der Waals surface area (Å²) in [6, 6.07) is 6.46. The van der Waals surface area contributed by atoms with E-state index in [-0.39, 0.29) is 18.0 Å². The fourth-order valence-electron chi connectivity index (χ4n) is 2.64. The van der Waals surface area contributed by atoms with Crippen LogP contribution in [0.15, 0.2) is 24.3 Å². The largest absolute Gasteiger partial charge is 0.366 e. The van der Waals surface area contributed by atoms with Crippen molar-refractivity contribution in [3.63, 3.8) is 0 Å². The van der Waals surface area contributed by atoms with Crippen LogP contribution in [0.25, 0.3) is 0 Å². The number of nitrogens with zero attached hydrogens (tertiary/aromatic N) is 2. The smallest absolute Gasteiger partial charge is 0.281 e. The van der Waals surface area contributed by atoms with Gasteiger partial charge in [-0.25, -0.2) is 0 Å². The average Bonchev–Trinajstić information content (AvgIpc) is 2.55. The number of primary amides is 1. The van der Waals surface area contributed by atoms with Crippen LogP contribution < -0.4 is 11.1 Å². The maximum absolute atomic E-state index is 12.5. The second-order valence-electron chi connectivity index (χ2n) is 5.89. The first kappa shape index (κ1) is 18.4. The van der Waals surface area contributed by atoms with E-state index in [1.54, 1.807) is 18.2 Å². The zero-order valence-corrected chi connectivity index (χ0v) is 14.5. The molecule has 0 unspecified atom stereocenters. The Morgan fingerprint density at radius 2 is 1.96 bits per heavy atom. The Morgan fingerprint density at radius 1 is 1.29 bits per heavy atom. The van der Waals surface area contributed by atoms with Gasteiger partial charge in [0.15, 0.2) is 0 Å². The highest BCUT2D eigenvalue weighted by molar-refractivity contribution is 7.86. The number of nitrogens with two attached hydrogens (primary N) is 1. The van der Waals surface area contributed by atoms with E-state index in [0.717, 1.165) is 4.31 Å². The summed E-state index contributed by atoms with van der Waals surface area (Å²) in [5.74, 6) is -1.43. The Morgan fingerprint density at radius 3 is 2.58 bits per heavy atom. The summed E-state index contributed by atoms with van der Waals surface area (Å²) in [5.41, 5.74) is 5.86. The van der Waals surface area contributed by atoms with Crippen molar-refractivity contribution in [2.75, 3.05) is 32.5 Å². The molecule has 1 atom stereocenters. The van der Waals surface area contributed by atoms with Crippen LogP contribution in [0.2, 0.25) is 0 Å². The number of hydrogen-bond donors (Lipinski definition) is 2. The molecule has 0 radical (unpaired) electrons. The molecule has 2 rings (SSSR count). The Labute approximate surface area is 141 Å². The van der Waals surface area contributed by atoms with E-state index in [9.17, 15) is 18.0 Å². The predicted octanol–water partition coefficient (Wildman–Crippen LogP) is 0.242. The van der Waals surface area contributed by atoms with E-state index in [2.05, 4.69) is 5.32 Å². The van der Waals surface area contributed by atoms with Gasteiger partial charge >= 0.3 is 0 Å². The highest BCUT2D eigenvalue weighted by Gasteiger charge is 2.33. The molecule has 9 heteroatoms. The lowest BCUT2D eigenvalue weighted by Gasteiger charge is -2.32. The molecule has 1 fully saturated rings. The number of amides is 2. The molecular formula is C15H22N4O4S. The number of nitrogens with one attached hydrogen (secondary N) is 1. The van der Waals surface area contributed by atoms with Gasteiger partial charge in [-0.05, 0) is 25.0 Å². The normalized spacial score (nSPS) is 19.2. The molecule has 8 nitrogen and oxygen atoms in total. The van der Waals surface area contributed by atoms with E-state index >= 15 is 0 Å². The summed E-state index contributed by atoms with van der Waals surface area (Å²) in [4.78, 5) is 23.9. The van der Waals surface area contributed by atoms with Gasteiger partial charge in [-0.3, -0.25) is 9.59 Å². The number of hydrogen-bond acceptors (Lipinski definition) is 4. The van der Waals surface area contributed by atoms with Crippen LogP contribution in [0.5, 0.6) is 0 Å². The summed E-state index contributed by atoms with van der Waals surface area (Å²) >= 11 is 0. The van der Waals surface area contributed by atoms with Crippen LogP contribution in [0.1, 0.15) is 23.2 Å². The standard InChI is InChI=1S/C15H22N4O4S/c1-18(2)24(22,23)19-9-5-6-11(10-19)15(21)17-13-8-4-3-7-12(13)14(16)20/h3-4,7-8,11H,5-6,9-10H2,1-2H3,(H2,16,20)(H,17,21)/t11-/m1/s1. The fourth-order valence-corrected chi connectivity index (χ4v) is 3.83. The van der Waals surface area contributed by atoms with Gasteiger partial charge in [0.2, 0.25) is 5.91 Å². The maximum atomic E-state index is 12.5. The minimum atomic E-state index is -3.55. The third-order valence-electron chi connectivity index (χ3n) is 3.99. The maximum Gasteiger partial charge on any atom is 0.281 e. The van der Waals surface area contributed by atoms with Gasteiger partial charge in [0, 0.05) is 27.2 Å². The summed E-state index contributed by atoms with van der Waals surface area (Å²) in [6.07, 6.45) is 1.19. The van der Waals surface area contributed by atoms with Gasteiger partial charge in [-0.2, -0.15) is 17.0 Å². The third kappa shape index (κ3) is 3.92. The topological polar surface area (TPSA) is 113 Å². The summed E-state index contributed by atoms with van der Waals surface area (Å²) < 4.78 is 26.9. The Hall–Kier alpha value is -1.97. The number of piperidine rings is 1. The van der Waals surface area contributed by atoms with Crippen LogP contribution in [0.3, 0.4) is 0 Å². The van der Waals surface area contributed by atoms with Crippen molar-refractivity contribution in [3.8, 4) is 0 Å². The molecule has 0 saturated carbocycles. The van der Waals surface area contributed by atoms with E-state index in [1.807, 2.05) is 0 Å². The molecule has 0 aliphatic carbocycles. The number of carbonyl (C=O) groups is 2. The van der Waals surface area contributed by atoms with Crippen molar-refractivity contribution >= 4 is 27.7 Å². The lowest BCUT2D eigenvalue weighted by atomic mass is 9.98. The molecule has 1 aromatic carbocycles. The minimum Gasteiger partial charge on any atom is -0.366 e. The number of carbonyl (C=O) groups excluding carboxylic acids is 2. The van der Waals surface area contributed by atoms with Crippen LogP contribution in [-0.4, -0.2) is 56.0 Å². The highest BCUT2D eigenvalue weighted by Crippen LogP contribution is 2.23. The first-order valence-corrected chi connectivity index (χ1v) is 9.00. The zero-order valence-electron chi connectivity index (χ0n) is 13.7. The van der Waals surface area contributed by atoms with E-state index in [4.69, 9.17) is 5.73 Å². The van der Waals surface area contributed by atoms with Crippen LogP contribution in [0, 0.1) is 5.92 Å². The van der Waals surface area contributed by atoms with Crippen molar-refractivity contribution in [1.29, 1.82) is 0 Å². The molecule has 3 N–H and O–H groups in total. The Kier molecular flexibility index (Phi) is 5.58. The fraction of sp³-hybridized carbons (Fsp3) is 0.467. The molecule has 132 valence electrons. The first-order chi connectivity index (χ1) is 11.2. The molecule has 24 heavy (non-hydrogen) atoms. The number of anilines is 1. The second kappa shape index (κ2) is 7.29. The van der Waals surface area contributed by atoms with Gasteiger partial charge in [-0.1, -0.05) is 12.1 Å². The number of benzene rings is 1. The molecule has 2 amide bonds. The molecule has 0 aromatic heterocycles. The monoisotopic (exact) mass is 354 g/mol. The van der Waals surface area contributed by atoms with Gasteiger partial charge in [-0.15, -0.1) is 0 Å². The quantitative estimate of drug-likeness (QED) is 0.788. The molecule has 1 aromatic rings. The van der Waals surface area contributed by atoms with Gasteiger partial charge < -0.3 is 11.1 Å². The molecule has 1 saturated heterocycles. The predicted molar refractivity (Wildman–Crippen MR) is 90.5 cm³/mol. The van der Waals surface area contributed by atoms with Crippen LogP contribution in [-0.2, 0) is 15.0 Å². The molecule has 1 heterocycles. The van der Waals surface area contributed by atoms with Crippen molar-refractivity contribution in [2.24, 2.45) is 11.7 Å². The highest BCUT2D eigenvalue weighted by atomic mass is 32.2. The number of rotatable bonds is 5. The summed E-state index contributed by atoms with van der Waals surface area (Å²) in [6.45, 7) is 0.507. The second-order valence-corrected chi connectivity index (χ2v) is 8.03.